The van der Waals surface area contributed by atoms with Gasteiger partial charge >= 0.3 is 0 Å². The third-order valence-corrected chi connectivity index (χ3v) is 5.07. The van der Waals surface area contributed by atoms with E-state index >= 15 is 0 Å². The summed E-state index contributed by atoms with van der Waals surface area (Å²) in [7, 11) is 0. The summed E-state index contributed by atoms with van der Waals surface area (Å²) in [5, 5.41) is 0. The molecule has 0 aromatic heterocycles. The Balaban J connectivity index is 1.54. The largest absolute Gasteiger partial charge is 0.494 e. The summed E-state index contributed by atoms with van der Waals surface area (Å²) in [4.78, 5) is 16.2. The molecule has 0 aliphatic carbocycles. The normalized spacial score (nSPS) is 24.7. The van der Waals surface area contributed by atoms with Crippen molar-refractivity contribution in [3.63, 3.8) is 0 Å². The topological polar surface area (TPSA) is 34.0 Å². The van der Waals surface area contributed by atoms with Gasteiger partial charge in [0.15, 0.2) is 0 Å². The Labute approximate surface area is 139 Å². The lowest BCUT2D eigenvalue weighted by molar-refractivity contribution is -0.921. The number of nitrogens with one attached hydrogen (secondary N) is 1. The van der Waals surface area contributed by atoms with Crippen LogP contribution in [0, 0.1) is 5.92 Å². The number of nitrogens with zero attached hydrogens (tertiary/aromatic N) is 1. The second kappa shape index (κ2) is 7.82. The van der Waals surface area contributed by atoms with Gasteiger partial charge in [-0.15, -0.1) is 0 Å². The summed E-state index contributed by atoms with van der Waals surface area (Å²) in [5.41, 5.74) is 1.33. The maximum Gasteiger partial charge on any atom is 0.231 e. The minimum Gasteiger partial charge on any atom is -0.494 e. The van der Waals surface area contributed by atoms with Crippen molar-refractivity contribution in [1.29, 1.82) is 0 Å². The molecule has 1 N–H and O–H groups in total. The van der Waals surface area contributed by atoms with E-state index in [0.717, 1.165) is 44.8 Å². The zero-order valence-corrected chi connectivity index (χ0v) is 14.2. The maximum absolute atomic E-state index is 12.6. The maximum atomic E-state index is 12.6. The first-order chi connectivity index (χ1) is 11.3. The fourth-order valence-electron chi connectivity index (χ4n) is 3.88. The number of quaternary nitrogens is 1. The Morgan fingerprint density at radius 3 is 2.65 bits per heavy atom. The number of amides is 1. The first-order valence-electron chi connectivity index (χ1n) is 9.10. The molecule has 3 rings (SSSR count). The fourth-order valence-corrected chi connectivity index (χ4v) is 3.88. The number of carbonyl (C=O) groups excluding carboxylic acids is 1. The standard InChI is InChI=1S/C19H28N2O2/c1-2-23-18-9-7-16(8-10-18)14-20-11-5-6-17(15-20)19(22)21-12-3-4-13-21/h7-10,17H,2-6,11-15H2,1H3/p+1. The summed E-state index contributed by atoms with van der Waals surface area (Å²) >= 11 is 0. The second-order valence-corrected chi connectivity index (χ2v) is 6.83. The first-order valence-corrected chi connectivity index (χ1v) is 9.10. The van der Waals surface area contributed by atoms with Gasteiger partial charge in [0.05, 0.1) is 25.6 Å². The van der Waals surface area contributed by atoms with E-state index in [1.54, 1.807) is 0 Å². The Kier molecular flexibility index (Phi) is 5.55. The van der Waals surface area contributed by atoms with Crippen molar-refractivity contribution in [2.45, 2.75) is 39.2 Å². The molecule has 4 heteroatoms. The molecule has 2 heterocycles. The highest BCUT2D eigenvalue weighted by Crippen LogP contribution is 2.17. The Bertz CT molecular complexity index is 509. The third kappa shape index (κ3) is 4.25. The molecular formula is C19H29N2O2+. The number of benzene rings is 1. The van der Waals surface area contributed by atoms with E-state index in [0.29, 0.717) is 12.5 Å². The first kappa shape index (κ1) is 16.3. The molecule has 2 saturated heterocycles. The fraction of sp³-hybridized carbons (Fsp3) is 0.632. The SMILES string of the molecule is CCOc1ccc(C[NH+]2CCCC(C(=O)N3CCCC3)C2)cc1. The summed E-state index contributed by atoms with van der Waals surface area (Å²) in [6.07, 6.45) is 4.60. The third-order valence-electron chi connectivity index (χ3n) is 5.07. The van der Waals surface area contributed by atoms with Crippen LogP contribution in [0.1, 0.15) is 38.2 Å². The van der Waals surface area contributed by atoms with Crippen molar-refractivity contribution in [2.75, 3.05) is 32.8 Å². The van der Waals surface area contributed by atoms with Crippen molar-refractivity contribution in [3.8, 4) is 5.75 Å². The Morgan fingerprint density at radius 1 is 1.22 bits per heavy atom. The minimum absolute atomic E-state index is 0.236. The molecule has 1 aromatic carbocycles. The molecule has 126 valence electrons. The van der Waals surface area contributed by atoms with Gasteiger partial charge in [-0.05, 0) is 56.9 Å². The highest BCUT2D eigenvalue weighted by Gasteiger charge is 2.32. The number of piperidine rings is 1. The van der Waals surface area contributed by atoms with Crippen LogP contribution in [0.25, 0.3) is 0 Å². The van der Waals surface area contributed by atoms with Gasteiger partial charge < -0.3 is 14.5 Å². The smallest absolute Gasteiger partial charge is 0.231 e. The number of ether oxygens (including phenoxy) is 1. The Hall–Kier alpha value is -1.55. The predicted molar refractivity (Wildman–Crippen MR) is 90.5 cm³/mol. The minimum atomic E-state index is 0.236. The molecule has 0 saturated carbocycles. The molecule has 0 spiro atoms. The van der Waals surface area contributed by atoms with E-state index in [9.17, 15) is 4.79 Å². The lowest BCUT2D eigenvalue weighted by Crippen LogP contribution is -3.12. The van der Waals surface area contributed by atoms with Gasteiger partial charge in [0.2, 0.25) is 5.91 Å². The molecule has 4 nitrogen and oxygen atoms in total. The summed E-state index contributed by atoms with van der Waals surface area (Å²) in [6, 6.07) is 8.41. The monoisotopic (exact) mass is 317 g/mol. The van der Waals surface area contributed by atoms with Gasteiger partial charge in [-0.25, -0.2) is 0 Å². The van der Waals surface area contributed by atoms with Gasteiger partial charge in [0, 0.05) is 18.7 Å². The summed E-state index contributed by atoms with van der Waals surface area (Å²) < 4.78 is 5.50. The average Bonchev–Trinajstić information content (AvgIpc) is 3.11. The van der Waals surface area contributed by atoms with Crippen LogP contribution in [0.4, 0.5) is 0 Å². The number of hydrogen-bond acceptors (Lipinski definition) is 2. The molecule has 2 fully saturated rings. The van der Waals surface area contributed by atoms with Crippen molar-refractivity contribution in [2.24, 2.45) is 5.92 Å². The van der Waals surface area contributed by atoms with Crippen LogP contribution in [0.15, 0.2) is 24.3 Å². The molecule has 0 bridgehead atoms. The van der Waals surface area contributed by atoms with Crippen molar-refractivity contribution < 1.29 is 14.4 Å². The molecule has 1 aromatic rings. The summed E-state index contributed by atoms with van der Waals surface area (Å²) in [5.74, 6) is 1.58. The molecule has 2 aliphatic rings. The molecule has 2 atom stereocenters. The van der Waals surface area contributed by atoms with E-state index < -0.39 is 0 Å². The zero-order valence-electron chi connectivity index (χ0n) is 14.2. The van der Waals surface area contributed by atoms with E-state index in [-0.39, 0.29) is 5.92 Å². The molecule has 2 aliphatic heterocycles. The van der Waals surface area contributed by atoms with Crippen molar-refractivity contribution in [1.82, 2.24) is 4.90 Å². The summed E-state index contributed by atoms with van der Waals surface area (Å²) in [6.45, 7) is 7.84. The lowest BCUT2D eigenvalue weighted by Gasteiger charge is -2.31. The zero-order chi connectivity index (χ0) is 16.1. The molecule has 2 unspecified atom stereocenters. The number of likely N-dealkylation sites (tertiary alicyclic amines) is 2. The Morgan fingerprint density at radius 2 is 1.96 bits per heavy atom. The van der Waals surface area contributed by atoms with Gasteiger partial charge in [0.25, 0.3) is 0 Å². The van der Waals surface area contributed by atoms with Crippen LogP contribution < -0.4 is 9.64 Å². The van der Waals surface area contributed by atoms with Crippen LogP contribution in [-0.2, 0) is 11.3 Å². The average molecular weight is 317 g/mol. The van der Waals surface area contributed by atoms with Gasteiger partial charge in [0.1, 0.15) is 12.3 Å². The number of carbonyl (C=O) groups is 1. The number of hydrogen-bond donors (Lipinski definition) is 1. The predicted octanol–water partition coefficient (Wildman–Crippen LogP) is 1.50. The van der Waals surface area contributed by atoms with Crippen LogP contribution in [0.5, 0.6) is 5.75 Å². The number of rotatable bonds is 5. The van der Waals surface area contributed by atoms with Crippen molar-refractivity contribution in [3.05, 3.63) is 29.8 Å². The van der Waals surface area contributed by atoms with E-state index in [4.69, 9.17) is 4.74 Å². The van der Waals surface area contributed by atoms with Gasteiger partial charge in [-0.1, -0.05) is 0 Å². The lowest BCUT2D eigenvalue weighted by atomic mass is 9.96. The quantitative estimate of drug-likeness (QED) is 0.893. The molecular weight excluding hydrogens is 288 g/mol. The van der Waals surface area contributed by atoms with E-state index in [2.05, 4.69) is 29.2 Å². The highest BCUT2D eigenvalue weighted by molar-refractivity contribution is 5.79. The molecule has 1 amide bonds. The van der Waals surface area contributed by atoms with Crippen LogP contribution in [0.3, 0.4) is 0 Å². The van der Waals surface area contributed by atoms with E-state index in [1.165, 1.54) is 29.8 Å². The molecule has 0 radical (unpaired) electrons. The molecule has 23 heavy (non-hydrogen) atoms. The van der Waals surface area contributed by atoms with Gasteiger partial charge in [-0.3, -0.25) is 4.79 Å². The van der Waals surface area contributed by atoms with E-state index in [1.807, 2.05) is 6.92 Å². The highest BCUT2D eigenvalue weighted by atomic mass is 16.5. The van der Waals surface area contributed by atoms with Crippen LogP contribution in [0.2, 0.25) is 0 Å². The van der Waals surface area contributed by atoms with Crippen molar-refractivity contribution >= 4 is 5.91 Å². The van der Waals surface area contributed by atoms with Gasteiger partial charge in [-0.2, -0.15) is 0 Å². The van der Waals surface area contributed by atoms with Crippen LogP contribution >= 0.6 is 0 Å². The van der Waals surface area contributed by atoms with Crippen LogP contribution in [-0.4, -0.2) is 43.6 Å². The second-order valence-electron chi connectivity index (χ2n) is 6.83.